The van der Waals surface area contributed by atoms with Crippen LogP contribution in [0.15, 0.2) is 43.0 Å². The average Bonchev–Trinajstić information content (AvgIpc) is 2.86. The third kappa shape index (κ3) is 2.80. The number of nitrogens with one attached hydrogen (secondary N) is 1. The minimum atomic E-state index is 0.576. The molecule has 20 heavy (non-hydrogen) atoms. The quantitative estimate of drug-likeness (QED) is 0.750. The van der Waals surface area contributed by atoms with Gasteiger partial charge in [-0.3, -0.25) is 9.67 Å². The maximum Gasteiger partial charge on any atom is 0.130 e. The van der Waals surface area contributed by atoms with Crippen molar-refractivity contribution in [2.45, 2.75) is 6.42 Å². The van der Waals surface area contributed by atoms with Gasteiger partial charge in [0, 0.05) is 37.6 Å². The second-order valence-corrected chi connectivity index (χ2v) is 4.93. The fourth-order valence-electron chi connectivity index (χ4n) is 2.00. The molecule has 0 atom stereocenters. The summed E-state index contributed by atoms with van der Waals surface area (Å²) in [5.74, 6) is 0.836. The summed E-state index contributed by atoms with van der Waals surface area (Å²) in [6.07, 6.45) is 7.98. The van der Waals surface area contributed by atoms with Crippen molar-refractivity contribution in [1.29, 1.82) is 0 Å². The molecule has 0 unspecified atom stereocenters. The smallest absolute Gasteiger partial charge is 0.130 e. The molecule has 0 spiro atoms. The van der Waals surface area contributed by atoms with E-state index in [9.17, 15) is 0 Å². The number of hydrogen-bond donors (Lipinski definition) is 1. The molecule has 0 aromatic carbocycles. The molecule has 3 aromatic heterocycles. The molecule has 3 rings (SSSR count). The SMILES string of the molecule is Cn1cc(-c2cc(=S)nc(Cc3ccncc3)[nH]2)cn1. The Morgan fingerprint density at radius 3 is 2.80 bits per heavy atom. The first kappa shape index (κ1) is 12.7. The summed E-state index contributed by atoms with van der Waals surface area (Å²) in [5, 5.41) is 4.17. The van der Waals surface area contributed by atoms with E-state index >= 15 is 0 Å². The Morgan fingerprint density at radius 2 is 2.10 bits per heavy atom. The topological polar surface area (TPSA) is 59.4 Å². The number of hydrogen-bond acceptors (Lipinski definition) is 4. The van der Waals surface area contributed by atoms with Crippen molar-refractivity contribution in [3.05, 3.63) is 59.0 Å². The van der Waals surface area contributed by atoms with Gasteiger partial charge in [-0.2, -0.15) is 5.10 Å². The molecule has 100 valence electrons. The molecule has 0 fully saturated rings. The first-order valence-corrected chi connectivity index (χ1v) is 6.60. The molecule has 0 aliphatic heterocycles. The van der Waals surface area contributed by atoms with Crippen molar-refractivity contribution >= 4 is 12.2 Å². The summed E-state index contributed by atoms with van der Waals surface area (Å²) in [6.45, 7) is 0. The van der Waals surface area contributed by atoms with E-state index in [1.165, 1.54) is 0 Å². The molecule has 1 N–H and O–H groups in total. The maximum absolute atomic E-state index is 5.24. The highest BCUT2D eigenvalue weighted by Gasteiger charge is 2.05. The lowest BCUT2D eigenvalue weighted by atomic mass is 10.2. The van der Waals surface area contributed by atoms with Crippen LogP contribution in [0.2, 0.25) is 0 Å². The number of rotatable bonds is 3. The van der Waals surface area contributed by atoms with E-state index in [0.29, 0.717) is 11.1 Å². The van der Waals surface area contributed by atoms with Gasteiger partial charge in [-0.05, 0) is 23.8 Å². The third-order valence-corrected chi connectivity index (χ3v) is 3.14. The average molecular weight is 283 g/mol. The molecular weight excluding hydrogens is 270 g/mol. The van der Waals surface area contributed by atoms with E-state index in [1.54, 1.807) is 23.3 Å². The van der Waals surface area contributed by atoms with Crippen molar-refractivity contribution in [3.8, 4) is 11.3 Å². The highest BCUT2D eigenvalue weighted by molar-refractivity contribution is 7.71. The molecule has 0 saturated carbocycles. The predicted molar refractivity (Wildman–Crippen MR) is 78.7 cm³/mol. The lowest BCUT2D eigenvalue weighted by molar-refractivity contribution is 0.768. The number of aromatic amines is 1. The molecule has 0 saturated heterocycles. The Hall–Kier alpha value is -2.34. The first-order valence-electron chi connectivity index (χ1n) is 6.19. The Balaban J connectivity index is 1.97. The van der Waals surface area contributed by atoms with E-state index in [1.807, 2.05) is 31.4 Å². The van der Waals surface area contributed by atoms with Gasteiger partial charge >= 0.3 is 0 Å². The van der Waals surface area contributed by atoms with Crippen molar-refractivity contribution in [2.75, 3.05) is 0 Å². The van der Waals surface area contributed by atoms with Crippen molar-refractivity contribution in [3.63, 3.8) is 0 Å². The summed E-state index contributed by atoms with van der Waals surface area (Å²) in [4.78, 5) is 11.7. The van der Waals surface area contributed by atoms with Crippen molar-refractivity contribution < 1.29 is 0 Å². The molecule has 0 radical (unpaired) electrons. The van der Waals surface area contributed by atoms with Gasteiger partial charge in [-0.25, -0.2) is 4.98 Å². The van der Waals surface area contributed by atoms with Crippen LogP contribution in [-0.2, 0) is 13.5 Å². The van der Waals surface area contributed by atoms with Crippen LogP contribution in [0.5, 0.6) is 0 Å². The van der Waals surface area contributed by atoms with E-state index < -0.39 is 0 Å². The van der Waals surface area contributed by atoms with Gasteiger partial charge in [0.05, 0.1) is 11.9 Å². The van der Waals surface area contributed by atoms with Gasteiger partial charge in [-0.15, -0.1) is 0 Å². The minimum Gasteiger partial charge on any atom is -0.343 e. The van der Waals surface area contributed by atoms with Gasteiger partial charge in [0.2, 0.25) is 0 Å². The molecule has 0 bridgehead atoms. The molecule has 5 nitrogen and oxygen atoms in total. The van der Waals surface area contributed by atoms with Crippen molar-refractivity contribution in [2.24, 2.45) is 7.05 Å². The number of pyridine rings is 1. The van der Waals surface area contributed by atoms with E-state index in [0.717, 1.165) is 22.6 Å². The lowest BCUT2D eigenvalue weighted by Gasteiger charge is -2.04. The summed E-state index contributed by atoms with van der Waals surface area (Å²) >= 11 is 5.24. The van der Waals surface area contributed by atoms with Gasteiger partial charge in [0.15, 0.2) is 0 Å². The molecule has 0 aliphatic rings. The van der Waals surface area contributed by atoms with Crippen LogP contribution in [0.4, 0.5) is 0 Å². The Labute approximate surface area is 121 Å². The van der Waals surface area contributed by atoms with Gasteiger partial charge in [-0.1, -0.05) is 12.2 Å². The zero-order valence-electron chi connectivity index (χ0n) is 10.9. The van der Waals surface area contributed by atoms with Gasteiger partial charge in [0.25, 0.3) is 0 Å². The number of H-pyrrole nitrogens is 1. The molecular formula is C14H13N5S. The van der Waals surface area contributed by atoms with Crippen LogP contribution >= 0.6 is 12.2 Å². The zero-order valence-corrected chi connectivity index (χ0v) is 11.8. The van der Waals surface area contributed by atoms with Gasteiger partial charge in [0.1, 0.15) is 10.5 Å². The molecule has 3 aromatic rings. The Bertz CT molecular complexity index is 776. The van der Waals surface area contributed by atoms with Crippen LogP contribution in [-0.4, -0.2) is 24.7 Å². The fraction of sp³-hybridized carbons (Fsp3) is 0.143. The van der Waals surface area contributed by atoms with Crippen LogP contribution in [0.1, 0.15) is 11.4 Å². The van der Waals surface area contributed by atoms with Gasteiger partial charge < -0.3 is 4.98 Å². The first-order chi connectivity index (χ1) is 9.70. The summed E-state index contributed by atoms with van der Waals surface area (Å²) in [5.41, 5.74) is 3.07. The third-order valence-electron chi connectivity index (χ3n) is 2.93. The molecule has 6 heteroatoms. The van der Waals surface area contributed by atoms with Crippen molar-refractivity contribution in [1.82, 2.24) is 24.7 Å². The molecule has 0 aliphatic carbocycles. The summed E-state index contributed by atoms with van der Waals surface area (Å²) < 4.78 is 2.33. The summed E-state index contributed by atoms with van der Waals surface area (Å²) in [7, 11) is 1.89. The van der Waals surface area contributed by atoms with E-state index in [-0.39, 0.29) is 0 Å². The standard InChI is InChI=1S/C14H13N5S/c1-19-9-11(8-16-19)12-7-14(20)18-13(17-12)6-10-2-4-15-5-3-10/h2-5,7-9H,6H2,1H3,(H,17,18,20). The highest BCUT2D eigenvalue weighted by atomic mass is 32.1. The predicted octanol–water partition coefficient (Wildman–Crippen LogP) is 2.53. The van der Waals surface area contributed by atoms with Crippen LogP contribution < -0.4 is 0 Å². The second-order valence-electron chi connectivity index (χ2n) is 4.51. The van der Waals surface area contributed by atoms with E-state index in [4.69, 9.17) is 12.2 Å². The fourth-order valence-corrected chi connectivity index (χ4v) is 2.23. The number of nitrogens with zero attached hydrogens (tertiary/aromatic N) is 4. The van der Waals surface area contributed by atoms with Crippen LogP contribution in [0.3, 0.4) is 0 Å². The monoisotopic (exact) mass is 283 g/mol. The normalized spacial score (nSPS) is 10.7. The van der Waals surface area contributed by atoms with Crippen LogP contribution in [0.25, 0.3) is 11.3 Å². The highest BCUT2D eigenvalue weighted by Crippen LogP contribution is 2.16. The minimum absolute atomic E-state index is 0.576. The Kier molecular flexibility index (Phi) is 3.39. The molecule has 0 amide bonds. The summed E-state index contributed by atoms with van der Waals surface area (Å²) in [6, 6.07) is 5.78. The zero-order chi connectivity index (χ0) is 13.9. The Morgan fingerprint density at radius 1 is 1.30 bits per heavy atom. The number of aromatic nitrogens is 5. The lowest BCUT2D eigenvalue weighted by Crippen LogP contribution is -1.98. The van der Waals surface area contributed by atoms with E-state index in [2.05, 4.69) is 20.1 Å². The maximum atomic E-state index is 5.24. The number of aryl methyl sites for hydroxylation is 1. The second kappa shape index (κ2) is 5.34. The van der Waals surface area contributed by atoms with Crippen LogP contribution in [0, 0.1) is 4.64 Å². The largest absolute Gasteiger partial charge is 0.343 e. The molecule has 3 heterocycles.